The number of nitrogens with zero attached hydrogens (tertiary/aromatic N) is 3. The summed E-state index contributed by atoms with van der Waals surface area (Å²) >= 11 is 1.13. The van der Waals surface area contributed by atoms with Crippen LogP contribution in [0, 0.1) is 0 Å². The number of β-amino-alcohol motifs (C(OH)–C–C–N with tert-alkyl or cyclic N) is 1. The molecule has 0 saturated carbocycles. The van der Waals surface area contributed by atoms with Gasteiger partial charge in [-0.3, -0.25) is 4.99 Å². The van der Waals surface area contributed by atoms with Crippen molar-refractivity contribution in [3.8, 4) is 0 Å². The van der Waals surface area contributed by atoms with Crippen molar-refractivity contribution in [3.05, 3.63) is 23.9 Å². The van der Waals surface area contributed by atoms with Crippen molar-refractivity contribution in [3.63, 3.8) is 0 Å². The molecule has 0 amide bonds. The monoisotopic (exact) mass is 388 g/mol. The molecule has 26 heavy (non-hydrogen) atoms. The van der Waals surface area contributed by atoms with Crippen LogP contribution in [0.1, 0.15) is 30.7 Å². The van der Waals surface area contributed by atoms with E-state index in [1.807, 2.05) is 12.1 Å². The summed E-state index contributed by atoms with van der Waals surface area (Å²) in [6.45, 7) is 2.99. The van der Waals surface area contributed by atoms with Crippen LogP contribution in [0.5, 0.6) is 0 Å². The summed E-state index contributed by atoms with van der Waals surface area (Å²) in [4.78, 5) is 10.7. The molecule has 0 aromatic carbocycles. The predicted molar refractivity (Wildman–Crippen MR) is 97.7 cm³/mol. The minimum absolute atomic E-state index is 0.176. The molecule has 2 aliphatic rings. The van der Waals surface area contributed by atoms with Crippen molar-refractivity contribution < 1.29 is 18.3 Å². The SMILES string of the molecule is OCCN1CCC(c2ccnc(NC3=NCC(CC(F)(F)F)S3)c2)CC1. The van der Waals surface area contributed by atoms with Crippen LogP contribution in [0.4, 0.5) is 19.0 Å². The minimum Gasteiger partial charge on any atom is -0.395 e. The van der Waals surface area contributed by atoms with E-state index >= 15 is 0 Å². The van der Waals surface area contributed by atoms with Crippen LogP contribution in [0.15, 0.2) is 23.3 Å². The average Bonchev–Trinajstić information content (AvgIpc) is 3.01. The Bertz CT molecular complexity index is 633. The Morgan fingerprint density at radius 2 is 2.08 bits per heavy atom. The predicted octanol–water partition coefficient (Wildman–Crippen LogP) is 3.09. The van der Waals surface area contributed by atoms with Gasteiger partial charge >= 0.3 is 6.18 Å². The maximum atomic E-state index is 12.5. The van der Waals surface area contributed by atoms with Gasteiger partial charge in [0, 0.05) is 18.0 Å². The molecule has 3 rings (SSSR count). The first-order valence-corrected chi connectivity index (χ1v) is 9.65. The summed E-state index contributed by atoms with van der Waals surface area (Å²) in [5.74, 6) is 1.06. The number of pyridine rings is 1. The number of thioether (sulfide) groups is 1. The second-order valence-electron chi connectivity index (χ2n) is 6.64. The van der Waals surface area contributed by atoms with Crippen LogP contribution in [-0.4, -0.2) is 64.4 Å². The van der Waals surface area contributed by atoms with Gasteiger partial charge in [0.05, 0.1) is 19.6 Å². The number of rotatable bonds is 5. The van der Waals surface area contributed by atoms with Gasteiger partial charge in [-0.25, -0.2) is 4.98 Å². The molecular weight excluding hydrogens is 365 g/mol. The van der Waals surface area contributed by atoms with Crippen molar-refractivity contribution >= 4 is 22.7 Å². The summed E-state index contributed by atoms with van der Waals surface area (Å²) in [5.41, 5.74) is 1.18. The maximum Gasteiger partial charge on any atom is 0.390 e. The molecule has 0 radical (unpaired) electrons. The largest absolute Gasteiger partial charge is 0.395 e. The maximum absolute atomic E-state index is 12.5. The van der Waals surface area contributed by atoms with Crippen molar-refractivity contribution in [2.75, 3.05) is 38.1 Å². The smallest absolute Gasteiger partial charge is 0.390 e. The average molecular weight is 388 g/mol. The lowest BCUT2D eigenvalue weighted by Crippen LogP contribution is -2.34. The Labute approximate surface area is 155 Å². The molecular formula is C17H23F3N4OS. The van der Waals surface area contributed by atoms with Crippen molar-refractivity contribution in [1.82, 2.24) is 9.88 Å². The van der Waals surface area contributed by atoms with Gasteiger partial charge in [0.2, 0.25) is 0 Å². The molecule has 1 unspecified atom stereocenters. The Kier molecular flexibility index (Phi) is 6.42. The van der Waals surface area contributed by atoms with Gasteiger partial charge in [0.25, 0.3) is 0 Å². The lowest BCUT2D eigenvalue weighted by molar-refractivity contribution is -0.133. The molecule has 9 heteroatoms. The second kappa shape index (κ2) is 8.58. The van der Waals surface area contributed by atoms with Crippen LogP contribution in [0.25, 0.3) is 0 Å². The molecule has 1 aromatic rings. The number of likely N-dealkylation sites (tertiary alicyclic amines) is 1. The molecule has 1 atom stereocenters. The first-order chi connectivity index (χ1) is 12.4. The zero-order valence-corrected chi connectivity index (χ0v) is 15.2. The van der Waals surface area contributed by atoms with Gasteiger partial charge in [-0.05, 0) is 49.5 Å². The number of anilines is 1. The van der Waals surface area contributed by atoms with E-state index in [4.69, 9.17) is 5.11 Å². The Morgan fingerprint density at radius 1 is 1.31 bits per heavy atom. The fourth-order valence-electron chi connectivity index (χ4n) is 3.36. The number of hydrogen-bond donors (Lipinski definition) is 2. The third-order valence-electron chi connectivity index (χ3n) is 4.67. The van der Waals surface area contributed by atoms with Gasteiger partial charge < -0.3 is 15.3 Å². The molecule has 2 aliphatic heterocycles. The van der Waals surface area contributed by atoms with Crippen LogP contribution in [0.2, 0.25) is 0 Å². The summed E-state index contributed by atoms with van der Waals surface area (Å²) in [5, 5.41) is 12.0. The Hall–Kier alpha value is -1.32. The van der Waals surface area contributed by atoms with Gasteiger partial charge in [-0.15, -0.1) is 0 Å². The van der Waals surface area contributed by atoms with E-state index in [2.05, 4.69) is 20.2 Å². The molecule has 0 aliphatic carbocycles. The van der Waals surface area contributed by atoms with E-state index in [9.17, 15) is 13.2 Å². The number of alkyl halides is 3. The van der Waals surface area contributed by atoms with Gasteiger partial charge in [0.15, 0.2) is 5.17 Å². The highest BCUT2D eigenvalue weighted by Gasteiger charge is 2.35. The highest BCUT2D eigenvalue weighted by atomic mass is 32.2. The number of hydrogen-bond acceptors (Lipinski definition) is 6. The molecule has 0 spiro atoms. The van der Waals surface area contributed by atoms with Crippen LogP contribution >= 0.6 is 11.8 Å². The zero-order chi connectivity index (χ0) is 18.6. The van der Waals surface area contributed by atoms with E-state index in [1.165, 1.54) is 5.56 Å². The molecule has 0 bridgehead atoms. The van der Waals surface area contributed by atoms with E-state index in [-0.39, 0.29) is 13.2 Å². The zero-order valence-electron chi connectivity index (χ0n) is 14.4. The van der Waals surface area contributed by atoms with Crippen molar-refractivity contribution in [1.29, 1.82) is 0 Å². The van der Waals surface area contributed by atoms with Crippen molar-refractivity contribution in [2.24, 2.45) is 4.99 Å². The van der Waals surface area contributed by atoms with E-state index in [0.29, 0.717) is 23.4 Å². The Balaban J connectivity index is 1.54. The van der Waals surface area contributed by atoms with Gasteiger partial charge in [-0.2, -0.15) is 13.2 Å². The topological polar surface area (TPSA) is 60.8 Å². The normalized spacial score (nSPS) is 22.5. The highest BCUT2D eigenvalue weighted by Crippen LogP contribution is 2.33. The Morgan fingerprint density at radius 3 is 2.77 bits per heavy atom. The summed E-state index contributed by atoms with van der Waals surface area (Å²) < 4.78 is 37.4. The van der Waals surface area contributed by atoms with Crippen LogP contribution in [0.3, 0.4) is 0 Å². The third kappa shape index (κ3) is 5.59. The number of aliphatic imine (C=N–C) groups is 1. The van der Waals surface area contributed by atoms with Crippen molar-refractivity contribution in [2.45, 2.75) is 36.6 Å². The molecule has 144 valence electrons. The summed E-state index contributed by atoms with van der Waals surface area (Å²) in [6.07, 6.45) is -1.22. The van der Waals surface area contributed by atoms with E-state index in [1.54, 1.807) is 6.20 Å². The number of halogens is 3. The highest BCUT2D eigenvalue weighted by molar-refractivity contribution is 8.15. The van der Waals surface area contributed by atoms with Gasteiger partial charge in [-0.1, -0.05) is 11.8 Å². The van der Waals surface area contributed by atoms with Crippen LogP contribution in [-0.2, 0) is 0 Å². The number of aliphatic hydroxyl groups excluding tert-OH is 1. The number of amidine groups is 1. The van der Waals surface area contributed by atoms with Gasteiger partial charge in [0.1, 0.15) is 5.82 Å². The number of aromatic nitrogens is 1. The summed E-state index contributed by atoms with van der Waals surface area (Å²) in [6, 6.07) is 3.96. The molecule has 1 fully saturated rings. The fraction of sp³-hybridized carbons (Fsp3) is 0.647. The van der Waals surface area contributed by atoms with E-state index in [0.717, 1.165) is 37.7 Å². The number of aliphatic hydroxyl groups is 1. The lowest BCUT2D eigenvalue weighted by atomic mass is 9.90. The number of nitrogens with one attached hydrogen (secondary N) is 1. The quantitative estimate of drug-likeness (QED) is 0.812. The van der Waals surface area contributed by atoms with Crippen LogP contribution < -0.4 is 5.32 Å². The third-order valence-corrected chi connectivity index (χ3v) is 5.77. The van der Waals surface area contributed by atoms with E-state index < -0.39 is 17.8 Å². The molecule has 1 aromatic heterocycles. The molecule has 2 N–H and O–H groups in total. The first kappa shape index (κ1) is 19.4. The lowest BCUT2D eigenvalue weighted by Gasteiger charge is -2.31. The molecule has 5 nitrogen and oxygen atoms in total. The molecule has 1 saturated heterocycles. The number of piperidine rings is 1. The fourth-order valence-corrected chi connectivity index (χ4v) is 4.41. The standard InChI is InChI=1S/C17H23F3N4OS/c18-17(19,20)10-14-11-22-16(26-14)23-15-9-13(1-4-21-15)12-2-5-24(6-3-12)7-8-25/h1,4,9,12,14,25H,2-3,5-8,10-11H2,(H,21,22,23). The minimum atomic E-state index is -4.16. The summed E-state index contributed by atoms with van der Waals surface area (Å²) in [7, 11) is 0. The first-order valence-electron chi connectivity index (χ1n) is 8.77. The molecule has 3 heterocycles. The second-order valence-corrected chi connectivity index (χ2v) is 7.93.